The van der Waals surface area contributed by atoms with E-state index in [2.05, 4.69) is 29.5 Å². The fourth-order valence-electron chi connectivity index (χ4n) is 4.54. The molecule has 1 aliphatic heterocycles. The molecular weight excluding hydrogens is 364 g/mol. The molecule has 1 aromatic carbocycles. The van der Waals surface area contributed by atoms with Crippen LogP contribution in [0, 0.1) is 0 Å². The highest BCUT2D eigenvalue weighted by Gasteiger charge is 2.30. The van der Waals surface area contributed by atoms with Gasteiger partial charge < -0.3 is 15.5 Å². The first-order valence-electron chi connectivity index (χ1n) is 9.99. The van der Waals surface area contributed by atoms with Gasteiger partial charge >= 0.3 is 0 Å². The molecule has 2 atom stereocenters. The molecule has 1 aliphatic rings. The summed E-state index contributed by atoms with van der Waals surface area (Å²) in [5.41, 5.74) is 4.61. The van der Waals surface area contributed by atoms with Crippen LogP contribution in [0.5, 0.6) is 0 Å². The molecule has 1 fully saturated rings. The van der Waals surface area contributed by atoms with Gasteiger partial charge in [-0.2, -0.15) is 0 Å². The minimum absolute atomic E-state index is 0.000564. The molecule has 0 radical (unpaired) electrons. The van der Waals surface area contributed by atoms with Gasteiger partial charge in [-0.3, -0.25) is 9.20 Å². The van der Waals surface area contributed by atoms with E-state index in [0.717, 1.165) is 27.8 Å². The first kappa shape index (κ1) is 17.9. The molecule has 7 heteroatoms. The summed E-state index contributed by atoms with van der Waals surface area (Å²) in [5.74, 6) is 0.000564. The quantitative estimate of drug-likeness (QED) is 0.552. The van der Waals surface area contributed by atoms with Crippen molar-refractivity contribution in [2.45, 2.75) is 25.9 Å². The molecule has 0 spiro atoms. The van der Waals surface area contributed by atoms with E-state index in [0.29, 0.717) is 24.3 Å². The molecule has 5 rings (SSSR count). The van der Waals surface area contributed by atoms with E-state index in [9.17, 15) is 4.79 Å². The lowest BCUT2D eigenvalue weighted by molar-refractivity contribution is 0.0676. The zero-order valence-corrected chi connectivity index (χ0v) is 16.8. The summed E-state index contributed by atoms with van der Waals surface area (Å²) in [5, 5.41) is 7.66. The van der Waals surface area contributed by atoms with Crippen LogP contribution in [0.3, 0.4) is 0 Å². The third-order valence-corrected chi connectivity index (χ3v) is 5.61. The van der Waals surface area contributed by atoms with Gasteiger partial charge in [0.05, 0.1) is 16.7 Å². The van der Waals surface area contributed by atoms with E-state index in [1.165, 1.54) is 0 Å². The number of para-hydroxylation sites is 2. The van der Waals surface area contributed by atoms with Gasteiger partial charge in [0.25, 0.3) is 5.91 Å². The Morgan fingerprint density at radius 3 is 2.62 bits per heavy atom. The molecule has 0 unspecified atom stereocenters. The molecule has 0 saturated carbocycles. The number of nitrogens with zero attached hydrogens (tertiary/aromatic N) is 4. The lowest BCUT2D eigenvalue weighted by Gasteiger charge is -2.36. The van der Waals surface area contributed by atoms with Crippen LogP contribution in [-0.2, 0) is 0 Å². The Balaban J connectivity index is 1.85. The van der Waals surface area contributed by atoms with E-state index in [4.69, 9.17) is 4.98 Å². The maximum atomic E-state index is 13.8. The van der Waals surface area contributed by atoms with Crippen molar-refractivity contribution in [3.63, 3.8) is 0 Å². The molecule has 0 aliphatic carbocycles. The largest absolute Gasteiger partial charge is 0.387 e. The number of anilines is 1. The molecule has 0 bridgehead atoms. The Morgan fingerprint density at radius 1 is 1.10 bits per heavy atom. The summed E-state index contributed by atoms with van der Waals surface area (Å²) in [6.07, 6.45) is 1.77. The second kappa shape index (κ2) is 6.70. The van der Waals surface area contributed by atoms with Crippen LogP contribution in [-0.4, -0.2) is 57.4 Å². The van der Waals surface area contributed by atoms with Crippen LogP contribution < -0.4 is 10.6 Å². The first-order valence-corrected chi connectivity index (χ1v) is 9.99. The minimum atomic E-state index is 0.000564. The molecule has 1 amide bonds. The number of rotatable bonds is 2. The van der Waals surface area contributed by atoms with E-state index in [1.54, 1.807) is 6.20 Å². The standard InChI is InChI=1S/C22H24N6O/c1-13-11-27(12-14(2)25-13)22(29)18-19(23-3)15-7-6-10-24-20(15)28-17-9-5-4-8-16(17)26-21(18)28/h4-10,13-14,23,25H,11-12H2,1-3H3/t13-,14+. The molecular formula is C22H24N6O. The Kier molecular flexibility index (Phi) is 4.13. The Hall–Kier alpha value is -3.19. The molecule has 29 heavy (non-hydrogen) atoms. The van der Waals surface area contributed by atoms with Crippen LogP contribution >= 0.6 is 0 Å². The number of nitrogens with one attached hydrogen (secondary N) is 2. The van der Waals surface area contributed by atoms with Crippen molar-refractivity contribution in [3.8, 4) is 0 Å². The zero-order chi connectivity index (χ0) is 20.1. The van der Waals surface area contributed by atoms with E-state index in [-0.39, 0.29) is 18.0 Å². The minimum Gasteiger partial charge on any atom is -0.387 e. The Labute approximate surface area is 168 Å². The number of imidazole rings is 1. The topological polar surface area (TPSA) is 74.6 Å². The van der Waals surface area contributed by atoms with Crippen molar-refractivity contribution in [2.24, 2.45) is 0 Å². The van der Waals surface area contributed by atoms with Crippen LogP contribution in [0.4, 0.5) is 5.69 Å². The van der Waals surface area contributed by atoms with Crippen molar-refractivity contribution < 1.29 is 4.79 Å². The number of carbonyl (C=O) groups excluding carboxylic acids is 1. The Bertz CT molecular complexity index is 1240. The highest BCUT2D eigenvalue weighted by molar-refractivity contribution is 6.13. The number of fused-ring (bicyclic) bond motifs is 5. The SMILES string of the molecule is CNc1c(C(=O)N2C[C@@H](C)N[C@@H](C)C2)c2nc3ccccc3n2c2ncccc12. The smallest absolute Gasteiger partial charge is 0.259 e. The van der Waals surface area contributed by atoms with Crippen LogP contribution in [0.25, 0.3) is 27.7 Å². The molecule has 3 aromatic heterocycles. The number of hydrogen-bond acceptors (Lipinski definition) is 5. The maximum absolute atomic E-state index is 13.8. The van der Waals surface area contributed by atoms with Gasteiger partial charge in [-0.25, -0.2) is 9.97 Å². The molecule has 148 valence electrons. The fourth-order valence-corrected chi connectivity index (χ4v) is 4.54. The molecule has 4 aromatic rings. The number of amides is 1. The molecule has 1 saturated heterocycles. The number of hydrogen-bond donors (Lipinski definition) is 2. The van der Waals surface area contributed by atoms with Crippen LogP contribution in [0.15, 0.2) is 42.6 Å². The predicted molar refractivity (Wildman–Crippen MR) is 116 cm³/mol. The lowest BCUT2D eigenvalue weighted by atomic mass is 10.1. The molecule has 4 heterocycles. The third kappa shape index (κ3) is 2.73. The lowest BCUT2D eigenvalue weighted by Crippen LogP contribution is -2.55. The van der Waals surface area contributed by atoms with E-state index < -0.39 is 0 Å². The molecule has 7 nitrogen and oxygen atoms in total. The average molecular weight is 388 g/mol. The van der Waals surface area contributed by atoms with E-state index >= 15 is 0 Å². The van der Waals surface area contributed by atoms with Crippen LogP contribution in [0.1, 0.15) is 24.2 Å². The summed E-state index contributed by atoms with van der Waals surface area (Å²) in [6, 6.07) is 12.3. The molecule has 2 N–H and O–H groups in total. The highest BCUT2D eigenvalue weighted by atomic mass is 16.2. The normalized spacial score (nSPS) is 19.9. The fraction of sp³-hybridized carbons (Fsp3) is 0.318. The summed E-state index contributed by atoms with van der Waals surface area (Å²) >= 11 is 0. The van der Waals surface area contributed by atoms with Gasteiger partial charge in [-0.1, -0.05) is 12.1 Å². The van der Waals surface area contributed by atoms with Gasteiger partial charge in [-0.05, 0) is 38.1 Å². The summed E-state index contributed by atoms with van der Waals surface area (Å²) < 4.78 is 2.01. The number of benzene rings is 1. The van der Waals surface area contributed by atoms with Gasteiger partial charge in [0.1, 0.15) is 11.2 Å². The predicted octanol–water partition coefficient (Wildman–Crippen LogP) is 2.90. The van der Waals surface area contributed by atoms with Crippen molar-refractivity contribution in [1.29, 1.82) is 0 Å². The summed E-state index contributed by atoms with van der Waals surface area (Å²) in [4.78, 5) is 25.2. The van der Waals surface area contributed by atoms with Gasteiger partial charge in [0.15, 0.2) is 5.65 Å². The number of piperazine rings is 1. The average Bonchev–Trinajstić information content (AvgIpc) is 3.11. The monoisotopic (exact) mass is 388 g/mol. The maximum Gasteiger partial charge on any atom is 0.259 e. The van der Waals surface area contributed by atoms with E-state index in [1.807, 2.05) is 52.7 Å². The van der Waals surface area contributed by atoms with Crippen molar-refractivity contribution in [3.05, 3.63) is 48.2 Å². The number of carbonyl (C=O) groups is 1. The van der Waals surface area contributed by atoms with Crippen molar-refractivity contribution >= 4 is 39.3 Å². The number of pyridine rings is 2. The second-order valence-corrected chi connectivity index (χ2v) is 7.81. The third-order valence-electron chi connectivity index (χ3n) is 5.61. The van der Waals surface area contributed by atoms with Gasteiger partial charge in [0.2, 0.25) is 0 Å². The summed E-state index contributed by atoms with van der Waals surface area (Å²) in [7, 11) is 1.85. The van der Waals surface area contributed by atoms with Crippen molar-refractivity contribution in [1.82, 2.24) is 24.6 Å². The Morgan fingerprint density at radius 2 is 1.86 bits per heavy atom. The van der Waals surface area contributed by atoms with Crippen LogP contribution in [0.2, 0.25) is 0 Å². The first-order chi connectivity index (χ1) is 14.1. The number of aromatic nitrogens is 3. The highest BCUT2D eigenvalue weighted by Crippen LogP contribution is 2.33. The second-order valence-electron chi connectivity index (χ2n) is 7.81. The van der Waals surface area contributed by atoms with Gasteiger partial charge in [0, 0.05) is 43.8 Å². The van der Waals surface area contributed by atoms with Gasteiger partial charge in [-0.15, -0.1) is 0 Å². The van der Waals surface area contributed by atoms with Crippen molar-refractivity contribution in [2.75, 3.05) is 25.5 Å². The zero-order valence-electron chi connectivity index (χ0n) is 16.8. The summed E-state index contributed by atoms with van der Waals surface area (Å²) in [6.45, 7) is 5.56.